The van der Waals surface area contributed by atoms with Gasteiger partial charge in [0, 0.05) is 4.90 Å². The summed E-state index contributed by atoms with van der Waals surface area (Å²) in [6.45, 7) is 0. The molecule has 3 aromatic rings. The van der Waals surface area contributed by atoms with Gasteiger partial charge in [-0.25, -0.2) is 0 Å². The van der Waals surface area contributed by atoms with Gasteiger partial charge in [-0.3, -0.25) is 0 Å². The summed E-state index contributed by atoms with van der Waals surface area (Å²) in [5.74, 6) is 0.792. The van der Waals surface area contributed by atoms with Crippen LogP contribution in [0, 0.1) is 0 Å². The third-order valence-electron chi connectivity index (χ3n) is 4.97. The molecular weight excluding hydrogens is 367 g/mol. The van der Waals surface area contributed by atoms with Gasteiger partial charge < -0.3 is 14.4 Å². The highest BCUT2D eigenvalue weighted by atomic mass is 32.2. The maximum Gasteiger partial charge on any atom is 0.492 e. The van der Waals surface area contributed by atoms with Crippen molar-refractivity contribution in [2.45, 2.75) is 11.0 Å². The van der Waals surface area contributed by atoms with Crippen molar-refractivity contribution < 1.29 is 14.4 Å². The fourth-order valence-electron chi connectivity index (χ4n) is 3.56. The van der Waals surface area contributed by atoms with Crippen molar-refractivity contribution in [3.8, 4) is 5.75 Å². The summed E-state index contributed by atoms with van der Waals surface area (Å²) >= 11 is 1.71. The van der Waals surface area contributed by atoms with Crippen molar-refractivity contribution in [2.75, 3.05) is 13.4 Å². The average molecular weight is 388 g/mol. The van der Waals surface area contributed by atoms with Crippen molar-refractivity contribution >= 4 is 29.9 Å². The van der Waals surface area contributed by atoms with Crippen molar-refractivity contribution in [1.29, 1.82) is 0 Å². The van der Waals surface area contributed by atoms with E-state index < -0.39 is 7.12 Å². The molecule has 0 bridgehead atoms. The number of benzene rings is 3. The SMILES string of the molecule is COc1ccc(C2OB(O)C(c3ccccc3)=C2c2ccc(SC)cc2)cc1. The zero-order valence-electron chi connectivity index (χ0n) is 15.8. The van der Waals surface area contributed by atoms with Crippen LogP contribution in [-0.2, 0) is 4.65 Å². The number of hydrogen-bond donors (Lipinski definition) is 1. The third kappa shape index (κ3) is 3.61. The number of ether oxygens (including phenoxy) is 1. The second-order valence-corrected chi connectivity index (χ2v) is 7.44. The summed E-state index contributed by atoms with van der Waals surface area (Å²) in [5, 5.41) is 10.8. The molecule has 0 aliphatic carbocycles. The topological polar surface area (TPSA) is 38.7 Å². The van der Waals surface area contributed by atoms with Crippen molar-refractivity contribution in [1.82, 2.24) is 0 Å². The van der Waals surface area contributed by atoms with E-state index in [2.05, 4.69) is 30.5 Å². The van der Waals surface area contributed by atoms with Gasteiger partial charge in [-0.05, 0) is 58.3 Å². The minimum absolute atomic E-state index is 0.351. The average Bonchev–Trinajstić information content (AvgIpc) is 3.11. The zero-order valence-corrected chi connectivity index (χ0v) is 16.6. The maximum absolute atomic E-state index is 10.8. The minimum atomic E-state index is -0.982. The van der Waals surface area contributed by atoms with E-state index in [1.165, 1.54) is 4.90 Å². The lowest BCUT2D eigenvalue weighted by Crippen LogP contribution is -2.15. The Labute approximate surface area is 170 Å². The molecule has 0 saturated heterocycles. The number of rotatable bonds is 5. The first-order chi connectivity index (χ1) is 13.7. The van der Waals surface area contributed by atoms with E-state index in [4.69, 9.17) is 9.39 Å². The van der Waals surface area contributed by atoms with Gasteiger partial charge in [0.05, 0.1) is 13.2 Å². The quantitative estimate of drug-likeness (QED) is 0.487. The Kier molecular flexibility index (Phi) is 5.58. The lowest BCUT2D eigenvalue weighted by Gasteiger charge is -2.18. The van der Waals surface area contributed by atoms with Crippen LogP contribution in [0.25, 0.3) is 11.0 Å². The normalized spacial score (nSPS) is 16.5. The molecule has 1 aliphatic rings. The first-order valence-corrected chi connectivity index (χ1v) is 10.3. The van der Waals surface area contributed by atoms with E-state index in [0.29, 0.717) is 0 Å². The highest BCUT2D eigenvalue weighted by Gasteiger charge is 2.39. The molecule has 140 valence electrons. The van der Waals surface area contributed by atoms with Gasteiger partial charge in [0.1, 0.15) is 5.75 Å². The minimum Gasteiger partial charge on any atom is -0.497 e. The molecule has 0 spiro atoms. The van der Waals surface area contributed by atoms with Crippen LogP contribution in [0.5, 0.6) is 5.75 Å². The monoisotopic (exact) mass is 388 g/mol. The maximum atomic E-state index is 10.8. The molecule has 28 heavy (non-hydrogen) atoms. The van der Waals surface area contributed by atoms with E-state index in [1.807, 2.05) is 54.6 Å². The largest absolute Gasteiger partial charge is 0.497 e. The molecule has 4 rings (SSSR count). The predicted molar refractivity (Wildman–Crippen MR) is 116 cm³/mol. The standard InChI is InChI=1S/C23H21BO3S/c1-26-19-12-8-18(9-13-19)23-21(16-10-14-20(28-2)15-11-16)22(24(25)27-23)17-6-4-3-5-7-17/h3-15,23,25H,1-2H3. The van der Waals surface area contributed by atoms with Gasteiger partial charge in [0.2, 0.25) is 0 Å². The van der Waals surface area contributed by atoms with Crippen LogP contribution in [0.4, 0.5) is 0 Å². The molecule has 5 heteroatoms. The molecule has 0 radical (unpaired) electrons. The molecule has 3 nitrogen and oxygen atoms in total. The lowest BCUT2D eigenvalue weighted by atomic mass is 9.72. The molecule has 1 atom stereocenters. The third-order valence-corrected chi connectivity index (χ3v) is 5.71. The molecule has 1 heterocycles. The Balaban J connectivity index is 1.86. The van der Waals surface area contributed by atoms with Gasteiger partial charge in [0.25, 0.3) is 0 Å². The molecule has 0 saturated carbocycles. The molecule has 1 aliphatic heterocycles. The lowest BCUT2D eigenvalue weighted by molar-refractivity contribution is 0.236. The predicted octanol–water partition coefficient (Wildman–Crippen LogP) is 5.12. The van der Waals surface area contributed by atoms with E-state index >= 15 is 0 Å². The van der Waals surface area contributed by atoms with Crippen LogP contribution in [0.2, 0.25) is 0 Å². The summed E-state index contributed by atoms with van der Waals surface area (Å²) in [5.41, 5.74) is 4.81. The van der Waals surface area contributed by atoms with Crippen LogP contribution >= 0.6 is 11.8 Å². The Hall–Kier alpha value is -2.47. The van der Waals surface area contributed by atoms with Crippen molar-refractivity contribution in [3.63, 3.8) is 0 Å². The first-order valence-electron chi connectivity index (χ1n) is 9.12. The Morgan fingerprint density at radius 2 is 1.57 bits per heavy atom. The second kappa shape index (κ2) is 8.27. The number of hydrogen-bond acceptors (Lipinski definition) is 4. The van der Waals surface area contributed by atoms with Gasteiger partial charge >= 0.3 is 7.12 Å². The van der Waals surface area contributed by atoms with Crippen LogP contribution in [0.3, 0.4) is 0 Å². The van der Waals surface area contributed by atoms with Crippen LogP contribution in [0.1, 0.15) is 22.8 Å². The summed E-state index contributed by atoms with van der Waals surface area (Å²) in [7, 11) is 0.668. The highest BCUT2D eigenvalue weighted by Crippen LogP contribution is 2.46. The number of thioether (sulfide) groups is 1. The van der Waals surface area contributed by atoms with Gasteiger partial charge in [-0.2, -0.15) is 0 Å². The molecule has 1 N–H and O–H groups in total. The fourth-order valence-corrected chi connectivity index (χ4v) is 3.96. The summed E-state index contributed by atoms with van der Waals surface area (Å²) < 4.78 is 11.3. The van der Waals surface area contributed by atoms with Gasteiger partial charge in [-0.1, -0.05) is 54.6 Å². The molecule has 0 aromatic heterocycles. The van der Waals surface area contributed by atoms with Crippen molar-refractivity contribution in [3.05, 3.63) is 95.6 Å². The van der Waals surface area contributed by atoms with Crippen LogP contribution in [0.15, 0.2) is 83.8 Å². The zero-order chi connectivity index (χ0) is 19.5. The van der Waals surface area contributed by atoms with E-state index in [1.54, 1.807) is 18.9 Å². The Morgan fingerprint density at radius 3 is 2.18 bits per heavy atom. The first kappa shape index (κ1) is 18.9. The van der Waals surface area contributed by atoms with Crippen LogP contribution < -0.4 is 4.74 Å². The molecular formula is C23H21BO3S. The summed E-state index contributed by atoms with van der Waals surface area (Å²) in [4.78, 5) is 1.20. The summed E-state index contributed by atoms with van der Waals surface area (Å²) in [6.07, 6.45) is 1.71. The van der Waals surface area contributed by atoms with Crippen molar-refractivity contribution in [2.24, 2.45) is 0 Å². The smallest absolute Gasteiger partial charge is 0.492 e. The molecule has 0 amide bonds. The van der Waals surface area contributed by atoms with Gasteiger partial charge in [0.15, 0.2) is 0 Å². The fraction of sp³-hybridized carbons (Fsp3) is 0.130. The highest BCUT2D eigenvalue weighted by molar-refractivity contribution is 7.98. The van der Waals surface area contributed by atoms with E-state index in [-0.39, 0.29) is 6.10 Å². The molecule has 1 unspecified atom stereocenters. The summed E-state index contributed by atoms with van der Waals surface area (Å²) in [6, 6.07) is 26.2. The van der Waals surface area contributed by atoms with E-state index in [9.17, 15) is 5.02 Å². The molecule has 3 aromatic carbocycles. The number of methoxy groups -OCH3 is 1. The van der Waals surface area contributed by atoms with Gasteiger partial charge in [-0.15, -0.1) is 11.8 Å². The molecule has 0 fully saturated rings. The second-order valence-electron chi connectivity index (χ2n) is 6.56. The van der Waals surface area contributed by atoms with E-state index in [0.717, 1.165) is 33.5 Å². The Morgan fingerprint density at radius 1 is 0.893 bits per heavy atom. The van der Waals surface area contributed by atoms with Crippen LogP contribution in [-0.4, -0.2) is 25.5 Å². The Bertz CT molecular complexity index is 969.